The molecule has 0 aliphatic carbocycles. The Morgan fingerprint density at radius 1 is 0.964 bits per heavy atom. The molecule has 0 amide bonds. The second-order valence-corrected chi connectivity index (χ2v) is 8.92. The van der Waals surface area contributed by atoms with Gasteiger partial charge in [-0.25, -0.2) is 0 Å². The Balaban J connectivity index is 0.000000221. The average molecular weight is 449 g/mol. The Morgan fingerprint density at radius 3 is 1.96 bits per heavy atom. The van der Waals surface area contributed by atoms with Crippen LogP contribution < -0.4 is 11.2 Å². The zero-order valence-corrected chi connectivity index (χ0v) is 18.7. The summed E-state index contributed by atoms with van der Waals surface area (Å²) in [7, 11) is -0.331. The quantitative estimate of drug-likeness (QED) is 0.315. The van der Waals surface area contributed by atoms with Crippen LogP contribution in [0.2, 0.25) is 0 Å². The minimum Gasteiger partial charge on any atom is -0.399 e. The number of nitro groups is 1. The first-order chi connectivity index (χ1) is 12.8. The van der Waals surface area contributed by atoms with Crippen LogP contribution in [-0.2, 0) is 9.31 Å². The largest absolute Gasteiger partial charge is 0.494 e. The van der Waals surface area contributed by atoms with Crippen LogP contribution in [0.3, 0.4) is 0 Å². The Morgan fingerprint density at radius 2 is 1.50 bits per heavy atom. The molecule has 2 aromatic rings. The van der Waals surface area contributed by atoms with E-state index in [1.807, 2.05) is 59.7 Å². The van der Waals surface area contributed by atoms with E-state index in [4.69, 9.17) is 15.0 Å². The predicted octanol–water partition coefficient (Wildman–Crippen LogP) is 4.54. The van der Waals surface area contributed by atoms with Crippen molar-refractivity contribution in [2.75, 3.05) is 5.73 Å². The maximum Gasteiger partial charge on any atom is 0.494 e. The Kier molecular flexibility index (Phi) is 6.58. The number of nitrogens with zero attached hydrogens (tertiary/aromatic N) is 1. The molecule has 0 atom stereocenters. The first-order valence-corrected chi connectivity index (χ1v) is 9.74. The van der Waals surface area contributed by atoms with Gasteiger partial charge in [0.15, 0.2) is 0 Å². The van der Waals surface area contributed by atoms with Gasteiger partial charge in [-0.2, -0.15) is 0 Å². The fourth-order valence-electron chi connectivity index (χ4n) is 2.78. The van der Waals surface area contributed by atoms with Crippen molar-refractivity contribution >= 4 is 39.9 Å². The van der Waals surface area contributed by atoms with Gasteiger partial charge in [-0.05, 0) is 76.3 Å². The molecule has 0 radical (unpaired) electrons. The lowest BCUT2D eigenvalue weighted by Crippen LogP contribution is -2.41. The summed E-state index contributed by atoms with van der Waals surface area (Å²) in [6, 6.07) is 10.7. The molecule has 28 heavy (non-hydrogen) atoms. The second-order valence-electron chi connectivity index (χ2n) is 8.01. The van der Waals surface area contributed by atoms with Crippen LogP contribution in [0, 0.1) is 24.0 Å². The molecule has 1 heterocycles. The van der Waals surface area contributed by atoms with E-state index in [1.165, 1.54) is 12.1 Å². The van der Waals surface area contributed by atoms with E-state index in [2.05, 4.69) is 22.0 Å². The van der Waals surface area contributed by atoms with Crippen LogP contribution in [0.4, 0.5) is 11.4 Å². The van der Waals surface area contributed by atoms with Crippen molar-refractivity contribution in [1.29, 1.82) is 0 Å². The van der Waals surface area contributed by atoms with Gasteiger partial charge in [-0.15, -0.1) is 0 Å². The highest BCUT2D eigenvalue weighted by atomic mass is 79.9. The van der Waals surface area contributed by atoms with Crippen molar-refractivity contribution in [2.24, 2.45) is 0 Å². The molecule has 8 heteroatoms. The summed E-state index contributed by atoms with van der Waals surface area (Å²) in [6.45, 7) is 12.0. The Labute approximate surface area is 174 Å². The van der Waals surface area contributed by atoms with Gasteiger partial charge in [0.1, 0.15) is 0 Å². The molecule has 0 saturated carbocycles. The zero-order valence-electron chi connectivity index (χ0n) is 17.1. The summed E-state index contributed by atoms with van der Waals surface area (Å²) < 4.78 is 12.7. The third-order valence-electron chi connectivity index (χ3n) is 4.89. The molecule has 0 bridgehead atoms. The molecule has 3 rings (SSSR count). The molecule has 150 valence electrons. The molecular formula is C20H26BBrN2O4. The van der Waals surface area contributed by atoms with Crippen molar-refractivity contribution in [3.05, 3.63) is 62.1 Å². The number of non-ortho nitro benzene ring substituents is 1. The number of aryl methyl sites for hydroxylation is 2. The highest BCUT2D eigenvalue weighted by molar-refractivity contribution is 9.10. The van der Waals surface area contributed by atoms with E-state index in [0.29, 0.717) is 0 Å². The van der Waals surface area contributed by atoms with Gasteiger partial charge in [0.05, 0.1) is 16.1 Å². The summed E-state index contributed by atoms with van der Waals surface area (Å²) >= 11 is 3.18. The summed E-state index contributed by atoms with van der Waals surface area (Å²) in [5.41, 5.74) is 9.09. The molecule has 1 aliphatic heterocycles. The van der Waals surface area contributed by atoms with E-state index in [9.17, 15) is 10.1 Å². The SMILES string of the molecule is Cc1cc(Br)cc([N+](=O)[O-])c1.Cc1cc(N)cc(B2OC(C)(C)C(C)(C)O2)c1. The lowest BCUT2D eigenvalue weighted by Gasteiger charge is -2.32. The first kappa shape index (κ1) is 22.4. The number of hydrogen-bond acceptors (Lipinski definition) is 5. The fourth-order valence-corrected chi connectivity index (χ4v) is 3.38. The lowest BCUT2D eigenvalue weighted by atomic mass is 9.78. The third-order valence-corrected chi connectivity index (χ3v) is 5.34. The van der Waals surface area contributed by atoms with Gasteiger partial charge in [0.25, 0.3) is 5.69 Å². The molecule has 0 unspecified atom stereocenters. The average Bonchev–Trinajstić information content (AvgIpc) is 2.74. The van der Waals surface area contributed by atoms with Crippen molar-refractivity contribution in [3.63, 3.8) is 0 Å². The van der Waals surface area contributed by atoms with Crippen LogP contribution >= 0.6 is 15.9 Å². The molecule has 2 aromatic carbocycles. The molecule has 0 spiro atoms. The summed E-state index contributed by atoms with van der Waals surface area (Å²) in [5.74, 6) is 0. The molecule has 1 saturated heterocycles. The van der Waals surface area contributed by atoms with Gasteiger partial charge in [0.2, 0.25) is 0 Å². The number of benzene rings is 2. The summed E-state index contributed by atoms with van der Waals surface area (Å²) in [5, 5.41) is 10.3. The number of hydrogen-bond donors (Lipinski definition) is 1. The summed E-state index contributed by atoms with van der Waals surface area (Å²) in [6.07, 6.45) is 0. The minimum absolute atomic E-state index is 0.122. The first-order valence-electron chi connectivity index (χ1n) is 8.95. The lowest BCUT2D eigenvalue weighted by molar-refractivity contribution is -0.385. The molecule has 2 N–H and O–H groups in total. The van der Waals surface area contributed by atoms with Gasteiger partial charge in [-0.1, -0.05) is 22.0 Å². The van der Waals surface area contributed by atoms with Crippen molar-refractivity contribution < 1.29 is 14.2 Å². The molecule has 0 aromatic heterocycles. The van der Waals surface area contributed by atoms with E-state index >= 15 is 0 Å². The number of nitrogen functional groups attached to an aromatic ring is 1. The minimum atomic E-state index is -0.405. The second kappa shape index (κ2) is 8.23. The Bertz CT molecular complexity index is 830. The highest BCUT2D eigenvalue weighted by Gasteiger charge is 2.51. The van der Waals surface area contributed by atoms with Crippen LogP contribution in [0.1, 0.15) is 38.8 Å². The van der Waals surface area contributed by atoms with Crippen LogP contribution in [0.15, 0.2) is 40.9 Å². The topological polar surface area (TPSA) is 87.6 Å². The number of halogens is 1. The maximum absolute atomic E-state index is 10.3. The van der Waals surface area contributed by atoms with Gasteiger partial charge >= 0.3 is 7.12 Å². The number of anilines is 1. The van der Waals surface area contributed by atoms with Crippen molar-refractivity contribution in [3.8, 4) is 0 Å². The number of nitro benzene ring substituents is 1. The molecular weight excluding hydrogens is 423 g/mol. The van der Waals surface area contributed by atoms with E-state index in [1.54, 1.807) is 0 Å². The maximum atomic E-state index is 10.3. The third kappa shape index (κ3) is 5.34. The Hall–Kier alpha value is -1.90. The molecule has 6 nitrogen and oxygen atoms in total. The predicted molar refractivity (Wildman–Crippen MR) is 117 cm³/mol. The standard InChI is InChI=1S/C13H20BNO2.C7H6BrNO2/c1-9-6-10(8-11(15)7-9)14-16-12(2,3)13(4,5)17-14;1-5-2-6(8)4-7(3-5)9(10)11/h6-8H,15H2,1-5H3;2-4H,1H3. The van der Waals surface area contributed by atoms with Gasteiger partial charge in [0, 0.05) is 22.3 Å². The van der Waals surface area contributed by atoms with E-state index in [-0.39, 0.29) is 24.0 Å². The normalized spacial score (nSPS) is 17.0. The van der Waals surface area contributed by atoms with Crippen LogP contribution in [0.5, 0.6) is 0 Å². The van der Waals surface area contributed by atoms with Crippen molar-refractivity contribution in [2.45, 2.75) is 52.7 Å². The number of nitrogens with two attached hydrogens (primary N) is 1. The highest BCUT2D eigenvalue weighted by Crippen LogP contribution is 2.36. The van der Waals surface area contributed by atoms with Crippen molar-refractivity contribution in [1.82, 2.24) is 0 Å². The number of rotatable bonds is 2. The van der Waals surface area contributed by atoms with Gasteiger partial charge in [-0.3, -0.25) is 10.1 Å². The van der Waals surface area contributed by atoms with E-state index in [0.717, 1.165) is 26.7 Å². The fraction of sp³-hybridized carbons (Fsp3) is 0.400. The monoisotopic (exact) mass is 448 g/mol. The summed E-state index contributed by atoms with van der Waals surface area (Å²) in [4.78, 5) is 9.89. The molecule has 1 fully saturated rings. The van der Waals surface area contributed by atoms with Crippen LogP contribution in [0.25, 0.3) is 0 Å². The zero-order chi connectivity index (χ0) is 21.3. The smallest absolute Gasteiger partial charge is 0.399 e. The van der Waals surface area contributed by atoms with E-state index < -0.39 is 4.92 Å². The van der Waals surface area contributed by atoms with Gasteiger partial charge < -0.3 is 15.0 Å². The van der Waals surface area contributed by atoms with Crippen LogP contribution in [-0.4, -0.2) is 23.2 Å². The molecule has 1 aliphatic rings.